The number of hydrazone groups is 1. The van der Waals surface area contributed by atoms with Crippen molar-refractivity contribution in [1.82, 2.24) is 15.4 Å². The Bertz CT molecular complexity index is 997. The van der Waals surface area contributed by atoms with E-state index in [-0.39, 0.29) is 17.9 Å². The average Bonchev–Trinajstić information content (AvgIpc) is 3.03. The first kappa shape index (κ1) is 16.5. The molecule has 3 aromatic rings. The van der Waals surface area contributed by atoms with Crippen LogP contribution in [-0.2, 0) is 11.2 Å². The monoisotopic (exact) mass is 360 g/mol. The average molecular weight is 360 g/mol. The van der Waals surface area contributed by atoms with Gasteiger partial charge < -0.3 is 4.98 Å². The second kappa shape index (κ2) is 6.66. The summed E-state index contributed by atoms with van der Waals surface area (Å²) in [5.41, 5.74) is 3.19. The quantitative estimate of drug-likeness (QED) is 0.554. The van der Waals surface area contributed by atoms with Gasteiger partial charge in [0.15, 0.2) is 0 Å². The van der Waals surface area contributed by atoms with Crippen molar-refractivity contribution in [3.05, 3.63) is 48.5 Å². The van der Waals surface area contributed by atoms with Crippen LogP contribution in [0.5, 0.6) is 0 Å². The van der Waals surface area contributed by atoms with Crippen molar-refractivity contribution >= 4 is 45.0 Å². The van der Waals surface area contributed by atoms with Crippen LogP contribution in [0.3, 0.4) is 0 Å². The summed E-state index contributed by atoms with van der Waals surface area (Å²) in [6, 6.07) is 3.92. The van der Waals surface area contributed by atoms with E-state index in [0.717, 1.165) is 15.3 Å². The fraction of sp³-hybridized carbons (Fsp3) is 0.250. The van der Waals surface area contributed by atoms with Gasteiger partial charge in [-0.3, -0.25) is 9.59 Å². The summed E-state index contributed by atoms with van der Waals surface area (Å²) in [6.07, 6.45) is 1.57. The lowest BCUT2D eigenvalue weighted by molar-refractivity contribution is -0.120. The maximum absolute atomic E-state index is 12.2. The Labute approximate surface area is 146 Å². The van der Waals surface area contributed by atoms with Gasteiger partial charge in [0.25, 0.3) is 5.56 Å². The van der Waals surface area contributed by atoms with E-state index in [9.17, 15) is 9.59 Å². The molecular formula is C16H16N4O2S2. The number of aromatic nitrogens is 2. The van der Waals surface area contributed by atoms with Crippen LogP contribution in [0.4, 0.5) is 0 Å². The molecule has 3 heterocycles. The first-order valence-corrected chi connectivity index (χ1v) is 8.94. The van der Waals surface area contributed by atoms with Crippen LogP contribution in [0.25, 0.3) is 10.2 Å². The number of nitrogens with one attached hydrogen (secondary N) is 2. The van der Waals surface area contributed by atoms with Crippen LogP contribution in [0.2, 0.25) is 0 Å². The number of aryl methyl sites for hydroxylation is 3. The molecule has 0 saturated heterocycles. The highest BCUT2D eigenvalue weighted by Crippen LogP contribution is 2.25. The number of H-pyrrole nitrogens is 1. The van der Waals surface area contributed by atoms with Crippen LogP contribution >= 0.6 is 22.7 Å². The lowest BCUT2D eigenvalue weighted by Gasteiger charge is -2.00. The minimum atomic E-state index is -0.327. The van der Waals surface area contributed by atoms with Crippen LogP contribution in [0, 0.1) is 20.8 Å². The molecule has 0 aliphatic carbocycles. The van der Waals surface area contributed by atoms with E-state index in [1.54, 1.807) is 17.6 Å². The Morgan fingerprint density at radius 3 is 2.83 bits per heavy atom. The van der Waals surface area contributed by atoms with Crippen molar-refractivity contribution in [2.45, 2.75) is 27.2 Å². The van der Waals surface area contributed by atoms with Gasteiger partial charge in [-0.05, 0) is 38.5 Å². The molecule has 0 aromatic carbocycles. The SMILES string of the molecule is Cc1ccc(/C=N\NC(=O)Cc2nc3sc(C)c(C)c3c(=O)[nH]2)s1. The molecule has 6 nitrogen and oxygen atoms in total. The predicted molar refractivity (Wildman–Crippen MR) is 98.2 cm³/mol. The maximum Gasteiger partial charge on any atom is 0.259 e. The highest BCUT2D eigenvalue weighted by Gasteiger charge is 2.13. The zero-order chi connectivity index (χ0) is 17.3. The molecule has 0 unspecified atom stereocenters. The minimum Gasteiger partial charge on any atom is -0.309 e. The van der Waals surface area contributed by atoms with E-state index in [2.05, 4.69) is 20.5 Å². The topological polar surface area (TPSA) is 87.2 Å². The van der Waals surface area contributed by atoms with Gasteiger partial charge >= 0.3 is 0 Å². The second-order valence-corrected chi connectivity index (χ2v) is 7.92. The fourth-order valence-electron chi connectivity index (χ4n) is 2.27. The summed E-state index contributed by atoms with van der Waals surface area (Å²) < 4.78 is 0. The first-order valence-electron chi connectivity index (χ1n) is 7.31. The van der Waals surface area contributed by atoms with Crippen LogP contribution in [0.1, 0.15) is 26.0 Å². The van der Waals surface area contributed by atoms with Gasteiger partial charge in [0, 0.05) is 14.6 Å². The number of hydrogen-bond donors (Lipinski definition) is 2. The lowest BCUT2D eigenvalue weighted by atomic mass is 10.2. The second-order valence-electron chi connectivity index (χ2n) is 5.39. The molecule has 0 aliphatic heterocycles. The smallest absolute Gasteiger partial charge is 0.259 e. The van der Waals surface area contributed by atoms with E-state index in [0.29, 0.717) is 16.0 Å². The molecule has 2 N–H and O–H groups in total. The third-order valence-corrected chi connectivity index (χ3v) is 5.59. The minimum absolute atomic E-state index is 0.0258. The number of rotatable bonds is 4. The molecule has 24 heavy (non-hydrogen) atoms. The van der Waals surface area contributed by atoms with Gasteiger partial charge in [-0.15, -0.1) is 22.7 Å². The Morgan fingerprint density at radius 2 is 2.12 bits per heavy atom. The van der Waals surface area contributed by atoms with Gasteiger partial charge in [-0.25, -0.2) is 10.4 Å². The molecule has 0 aliphatic rings. The lowest BCUT2D eigenvalue weighted by Crippen LogP contribution is -2.23. The Kier molecular flexibility index (Phi) is 4.59. The van der Waals surface area contributed by atoms with Crippen molar-refractivity contribution in [2.24, 2.45) is 5.10 Å². The number of fused-ring (bicyclic) bond motifs is 1. The van der Waals surface area contributed by atoms with E-state index in [1.807, 2.05) is 32.9 Å². The normalized spacial score (nSPS) is 11.5. The number of aromatic amines is 1. The van der Waals surface area contributed by atoms with Gasteiger partial charge in [0.05, 0.1) is 18.0 Å². The molecule has 0 radical (unpaired) electrons. The van der Waals surface area contributed by atoms with Crippen LogP contribution in [0.15, 0.2) is 22.0 Å². The number of thiophene rings is 2. The molecule has 0 saturated carbocycles. The van der Waals surface area contributed by atoms with Crippen LogP contribution in [-0.4, -0.2) is 22.1 Å². The molecule has 3 aromatic heterocycles. The van der Waals surface area contributed by atoms with E-state index in [4.69, 9.17) is 0 Å². The molecular weight excluding hydrogens is 344 g/mol. The van der Waals surface area contributed by atoms with Crippen molar-refractivity contribution < 1.29 is 4.79 Å². The Hall–Kier alpha value is -2.32. The summed E-state index contributed by atoms with van der Waals surface area (Å²) in [7, 11) is 0. The maximum atomic E-state index is 12.2. The molecule has 0 spiro atoms. The Morgan fingerprint density at radius 1 is 1.33 bits per heavy atom. The van der Waals surface area contributed by atoms with Crippen molar-refractivity contribution in [2.75, 3.05) is 0 Å². The summed E-state index contributed by atoms with van der Waals surface area (Å²) in [4.78, 5) is 35.0. The summed E-state index contributed by atoms with van der Waals surface area (Å²) in [6.45, 7) is 5.86. The van der Waals surface area contributed by atoms with Crippen LogP contribution < -0.4 is 11.0 Å². The zero-order valence-corrected chi connectivity index (χ0v) is 15.1. The van der Waals surface area contributed by atoms with Crippen molar-refractivity contribution in [3.8, 4) is 0 Å². The number of carbonyl (C=O) groups excluding carboxylic acids is 1. The molecule has 124 valence electrons. The van der Waals surface area contributed by atoms with Gasteiger partial charge in [-0.1, -0.05) is 0 Å². The van der Waals surface area contributed by atoms with Gasteiger partial charge in [-0.2, -0.15) is 5.10 Å². The molecule has 3 rings (SSSR count). The molecule has 8 heteroatoms. The fourth-order valence-corrected chi connectivity index (χ4v) is 4.06. The highest BCUT2D eigenvalue weighted by atomic mass is 32.1. The number of amides is 1. The highest BCUT2D eigenvalue weighted by molar-refractivity contribution is 7.18. The van der Waals surface area contributed by atoms with E-state index >= 15 is 0 Å². The number of nitrogens with zero attached hydrogens (tertiary/aromatic N) is 2. The van der Waals surface area contributed by atoms with Gasteiger partial charge in [0.2, 0.25) is 5.91 Å². The number of carbonyl (C=O) groups is 1. The molecule has 0 atom stereocenters. The van der Waals surface area contributed by atoms with Crippen molar-refractivity contribution in [3.63, 3.8) is 0 Å². The largest absolute Gasteiger partial charge is 0.309 e. The van der Waals surface area contributed by atoms with E-state index in [1.165, 1.54) is 16.2 Å². The Balaban J connectivity index is 1.71. The molecule has 0 fully saturated rings. The van der Waals surface area contributed by atoms with E-state index < -0.39 is 0 Å². The number of hydrogen-bond acceptors (Lipinski definition) is 6. The first-order chi connectivity index (χ1) is 11.4. The summed E-state index contributed by atoms with van der Waals surface area (Å²) in [5.74, 6) is 0.0143. The van der Waals surface area contributed by atoms with Gasteiger partial charge in [0.1, 0.15) is 10.7 Å². The summed E-state index contributed by atoms with van der Waals surface area (Å²) >= 11 is 3.05. The standard InChI is InChI=1S/C16H16N4O2S2/c1-8-4-5-11(23-8)7-17-20-13(21)6-12-18-15(22)14-9(2)10(3)24-16(14)19-12/h4-5,7H,6H2,1-3H3,(H,20,21)(H,18,19,22)/b17-7-. The molecule has 0 bridgehead atoms. The third kappa shape index (κ3) is 3.44. The predicted octanol–water partition coefficient (Wildman–Crippen LogP) is 2.66. The van der Waals surface area contributed by atoms with Crippen molar-refractivity contribution in [1.29, 1.82) is 0 Å². The zero-order valence-electron chi connectivity index (χ0n) is 13.5. The molecule has 1 amide bonds. The third-order valence-electron chi connectivity index (χ3n) is 3.56. The summed E-state index contributed by atoms with van der Waals surface area (Å²) in [5, 5.41) is 4.53.